The Bertz CT molecular complexity index is 287. The largest absolute Gasteiger partial charge is 0.444 e. The van der Waals surface area contributed by atoms with Crippen LogP contribution in [0.2, 0.25) is 0 Å². The van der Waals surface area contributed by atoms with E-state index in [4.69, 9.17) is 4.74 Å². The molecule has 104 valence electrons. The molecule has 0 radical (unpaired) electrons. The summed E-state index contributed by atoms with van der Waals surface area (Å²) in [5.41, 5.74) is -0.408. The van der Waals surface area contributed by atoms with Crippen LogP contribution >= 0.6 is 0 Å². The van der Waals surface area contributed by atoms with Gasteiger partial charge in [0, 0.05) is 18.1 Å². The van der Waals surface area contributed by atoms with Crippen molar-refractivity contribution in [2.75, 3.05) is 0 Å². The molecule has 4 nitrogen and oxygen atoms in total. The van der Waals surface area contributed by atoms with Crippen molar-refractivity contribution in [3.63, 3.8) is 0 Å². The summed E-state index contributed by atoms with van der Waals surface area (Å²) in [6.07, 6.45) is 6.86. The van der Waals surface area contributed by atoms with Crippen LogP contribution in [-0.4, -0.2) is 29.8 Å². The van der Waals surface area contributed by atoms with Crippen molar-refractivity contribution in [2.45, 2.75) is 83.0 Å². The second-order valence-corrected chi connectivity index (χ2v) is 6.64. The summed E-state index contributed by atoms with van der Waals surface area (Å²) in [6.45, 7) is 5.68. The summed E-state index contributed by atoms with van der Waals surface area (Å²) >= 11 is 0. The zero-order valence-corrected chi connectivity index (χ0v) is 11.8. The van der Waals surface area contributed by atoms with E-state index in [2.05, 4.69) is 10.6 Å². The Morgan fingerprint density at radius 3 is 1.83 bits per heavy atom. The summed E-state index contributed by atoms with van der Waals surface area (Å²) in [6, 6.07) is 1.73. The number of hydrogen-bond donors (Lipinski definition) is 2. The van der Waals surface area contributed by atoms with Crippen molar-refractivity contribution in [1.29, 1.82) is 0 Å². The molecule has 2 aliphatic carbocycles. The van der Waals surface area contributed by atoms with Crippen LogP contribution < -0.4 is 10.6 Å². The lowest BCUT2D eigenvalue weighted by Gasteiger charge is -2.30. The van der Waals surface area contributed by atoms with Crippen LogP contribution in [0.1, 0.15) is 59.3 Å². The minimum absolute atomic E-state index is 0.277. The Morgan fingerprint density at radius 1 is 0.944 bits per heavy atom. The molecular weight excluding hydrogens is 228 g/mol. The Morgan fingerprint density at radius 2 is 1.39 bits per heavy atom. The van der Waals surface area contributed by atoms with Gasteiger partial charge in [-0.2, -0.15) is 0 Å². The first-order chi connectivity index (χ1) is 8.42. The Balaban J connectivity index is 1.64. The number of rotatable bonds is 3. The summed E-state index contributed by atoms with van der Waals surface area (Å²) in [4.78, 5) is 11.6. The molecule has 2 aliphatic rings. The number of alkyl carbamates (subject to hydrolysis) is 1. The average molecular weight is 254 g/mol. The normalized spacial score (nSPS) is 28.8. The van der Waals surface area contributed by atoms with E-state index in [1.807, 2.05) is 20.8 Å². The molecular formula is C14H26N2O2. The number of nitrogens with one attached hydrogen (secondary N) is 2. The number of hydrogen-bond acceptors (Lipinski definition) is 3. The first kappa shape index (κ1) is 13.7. The molecule has 0 spiro atoms. The van der Waals surface area contributed by atoms with Gasteiger partial charge in [-0.15, -0.1) is 0 Å². The van der Waals surface area contributed by atoms with E-state index < -0.39 is 5.60 Å². The van der Waals surface area contributed by atoms with Crippen molar-refractivity contribution < 1.29 is 9.53 Å². The van der Waals surface area contributed by atoms with Gasteiger partial charge in [0.05, 0.1) is 0 Å². The lowest BCUT2D eigenvalue weighted by molar-refractivity contribution is 0.0489. The van der Waals surface area contributed by atoms with Crippen LogP contribution in [0.3, 0.4) is 0 Å². The highest BCUT2D eigenvalue weighted by Gasteiger charge is 2.28. The van der Waals surface area contributed by atoms with Gasteiger partial charge in [0.1, 0.15) is 5.60 Å². The van der Waals surface area contributed by atoms with Gasteiger partial charge in [0.15, 0.2) is 0 Å². The van der Waals surface area contributed by atoms with E-state index in [0.29, 0.717) is 6.04 Å². The number of amides is 1. The average Bonchev–Trinajstić information content (AvgIpc) is 3.02. The maximum Gasteiger partial charge on any atom is 0.407 e. The van der Waals surface area contributed by atoms with E-state index in [0.717, 1.165) is 31.7 Å². The highest BCUT2D eigenvalue weighted by molar-refractivity contribution is 5.68. The molecule has 0 saturated heterocycles. The van der Waals surface area contributed by atoms with Crippen LogP contribution in [0.15, 0.2) is 0 Å². The number of carbonyl (C=O) groups excluding carboxylic acids is 1. The maximum atomic E-state index is 11.6. The molecule has 2 saturated carbocycles. The van der Waals surface area contributed by atoms with Gasteiger partial charge in [0.25, 0.3) is 0 Å². The summed E-state index contributed by atoms with van der Waals surface area (Å²) < 4.78 is 5.28. The minimum atomic E-state index is -0.408. The lowest BCUT2D eigenvalue weighted by atomic mass is 9.91. The molecule has 2 fully saturated rings. The fraction of sp³-hybridized carbons (Fsp3) is 0.929. The zero-order chi connectivity index (χ0) is 13.2. The Labute approximate surface area is 110 Å². The molecule has 0 unspecified atom stereocenters. The van der Waals surface area contributed by atoms with Crippen LogP contribution in [-0.2, 0) is 4.74 Å². The predicted octanol–water partition coefficient (Wildman–Crippen LogP) is 2.57. The molecule has 2 rings (SSSR count). The minimum Gasteiger partial charge on any atom is -0.444 e. The number of ether oxygens (including phenoxy) is 1. The van der Waals surface area contributed by atoms with Gasteiger partial charge in [-0.25, -0.2) is 4.79 Å². The van der Waals surface area contributed by atoms with Gasteiger partial charge in [0.2, 0.25) is 0 Å². The summed E-state index contributed by atoms with van der Waals surface area (Å²) in [5.74, 6) is 0. The fourth-order valence-electron chi connectivity index (χ4n) is 2.46. The highest BCUT2D eigenvalue weighted by Crippen LogP contribution is 2.25. The van der Waals surface area contributed by atoms with Gasteiger partial charge >= 0.3 is 6.09 Å². The van der Waals surface area contributed by atoms with Gasteiger partial charge in [-0.1, -0.05) is 0 Å². The lowest BCUT2D eigenvalue weighted by Crippen LogP contribution is -2.44. The van der Waals surface area contributed by atoms with Crippen molar-refractivity contribution in [1.82, 2.24) is 10.6 Å². The molecule has 2 N–H and O–H groups in total. The fourth-order valence-corrected chi connectivity index (χ4v) is 2.46. The zero-order valence-electron chi connectivity index (χ0n) is 11.8. The van der Waals surface area contributed by atoms with Crippen molar-refractivity contribution in [3.05, 3.63) is 0 Å². The van der Waals surface area contributed by atoms with Crippen molar-refractivity contribution in [3.8, 4) is 0 Å². The molecule has 0 aromatic rings. The van der Waals surface area contributed by atoms with Gasteiger partial charge in [-0.05, 0) is 59.3 Å². The topological polar surface area (TPSA) is 50.4 Å². The third-order valence-corrected chi connectivity index (χ3v) is 3.50. The molecule has 4 heteroatoms. The molecule has 0 aliphatic heterocycles. The third-order valence-electron chi connectivity index (χ3n) is 3.50. The summed E-state index contributed by atoms with van der Waals surface area (Å²) in [5, 5.41) is 6.64. The number of carbonyl (C=O) groups is 1. The predicted molar refractivity (Wildman–Crippen MR) is 71.6 cm³/mol. The first-order valence-electron chi connectivity index (χ1n) is 7.18. The molecule has 0 aromatic heterocycles. The first-order valence-corrected chi connectivity index (χ1v) is 7.18. The van der Waals surface area contributed by atoms with Crippen LogP contribution in [0, 0.1) is 0 Å². The highest BCUT2D eigenvalue weighted by atomic mass is 16.6. The van der Waals surface area contributed by atoms with Crippen LogP contribution in [0.25, 0.3) is 0 Å². The summed E-state index contributed by atoms with van der Waals surface area (Å²) in [7, 11) is 0. The Kier molecular flexibility index (Phi) is 4.15. The molecule has 0 aromatic carbocycles. The third kappa shape index (κ3) is 4.84. The molecule has 18 heavy (non-hydrogen) atoms. The molecule has 0 atom stereocenters. The van der Waals surface area contributed by atoms with E-state index in [1.54, 1.807) is 0 Å². The van der Waals surface area contributed by atoms with Crippen LogP contribution in [0.4, 0.5) is 4.79 Å². The molecule has 1 amide bonds. The smallest absolute Gasteiger partial charge is 0.407 e. The van der Waals surface area contributed by atoms with Crippen molar-refractivity contribution in [2.24, 2.45) is 0 Å². The van der Waals surface area contributed by atoms with E-state index >= 15 is 0 Å². The van der Waals surface area contributed by atoms with Gasteiger partial charge in [-0.3, -0.25) is 0 Å². The maximum absolute atomic E-state index is 11.6. The second kappa shape index (κ2) is 5.47. The van der Waals surface area contributed by atoms with E-state index in [1.165, 1.54) is 12.8 Å². The van der Waals surface area contributed by atoms with Crippen LogP contribution in [0.5, 0.6) is 0 Å². The molecule has 0 heterocycles. The second-order valence-electron chi connectivity index (χ2n) is 6.64. The Hall–Kier alpha value is -0.770. The SMILES string of the molecule is CC(C)(C)OC(=O)N[C@H]1CC[C@@H](NC2CC2)CC1. The van der Waals surface area contributed by atoms with Crippen molar-refractivity contribution >= 4 is 6.09 Å². The monoisotopic (exact) mass is 254 g/mol. The quantitative estimate of drug-likeness (QED) is 0.814. The van der Waals surface area contributed by atoms with E-state index in [-0.39, 0.29) is 12.1 Å². The molecule has 0 bridgehead atoms. The van der Waals surface area contributed by atoms with Gasteiger partial charge < -0.3 is 15.4 Å². The standard InChI is InChI=1S/C14H26N2O2/c1-14(2,3)18-13(17)16-12-8-6-11(7-9-12)15-10-4-5-10/h10-12,15H,4-9H2,1-3H3,(H,16,17)/t11-,12+. The van der Waals surface area contributed by atoms with E-state index in [9.17, 15) is 4.79 Å².